The number of likely N-dealkylation sites (tertiary alicyclic amines) is 1. The first kappa shape index (κ1) is 16.8. The van der Waals surface area contributed by atoms with Gasteiger partial charge in [-0.25, -0.2) is 12.8 Å². The number of carbonyl (C=O) groups is 1. The molecule has 134 valence electrons. The van der Waals surface area contributed by atoms with Gasteiger partial charge in [-0.3, -0.25) is 4.79 Å². The van der Waals surface area contributed by atoms with E-state index in [1.165, 1.54) is 30.3 Å². The molecule has 0 bridgehead atoms. The number of halogens is 1. The number of rotatable bonds is 3. The lowest BCUT2D eigenvalue weighted by Crippen LogP contribution is -2.24. The smallest absolute Gasteiger partial charge is 0.269 e. The molecule has 2 aliphatic rings. The van der Waals surface area contributed by atoms with Crippen LogP contribution in [-0.4, -0.2) is 32.3 Å². The summed E-state index contributed by atoms with van der Waals surface area (Å²) >= 11 is 0. The third-order valence-corrected chi connectivity index (χ3v) is 6.50. The van der Waals surface area contributed by atoms with Crippen molar-refractivity contribution in [3.63, 3.8) is 0 Å². The second-order valence-electron chi connectivity index (χ2n) is 6.33. The molecule has 1 N–H and O–H groups in total. The molecule has 0 saturated carbocycles. The highest BCUT2D eigenvalue weighted by atomic mass is 32.2. The third-order valence-electron chi connectivity index (χ3n) is 4.65. The maximum Gasteiger partial charge on any atom is 0.269 e. The number of sulfone groups is 1. The molecule has 4 rings (SSSR count). The Morgan fingerprint density at radius 3 is 2.35 bits per heavy atom. The van der Waals surface area contributed by atoms with Gasteiger partial charge in [-0.15, -0.1) is 0 Å². The van der Waals surface area contributed by atoms with Crippen molar-refractivity contribution in [2.75, 3.05) is 18.4 Å². The summed E-state index contributed by atoms with van der Waals surface area (Å²) in [6.07, 6.45) is 1.91. The van der Waals surface area contributed by atoms with E-state index in [2.05, 4.69) is 5.32 Å². The van der Waals surface area contributed by atoms with Gasteiger partial charge in [0, 0.05) is 24.3 Å². The highest BCUT2D eigenvalue weighted by molar-refractivity contribution is 7.97. The van der Waals surface area contributed by atoms with Crippen LogP contribution in [0.1, 0.15) is 18.4 Å². The minimum atomic E-state index is -3.91. The highest BCUT2D eigenvalue weighted by Gasteiger charge is 2.42. The fourth-order valence-corrected chi connectivity index (χ4v) is 5.18. The molecule has 1 fully saturated rings. The zero-order valence-electron chi connectivity index (χ0n) is 13.9. The van der Waals surface area contributed by atoms with E-state index in [0.29, 0.717) is 30.0 Å². The first-order valence-electron chi connectivity index (χ1n) is 8.39. The Bertz CT molecular complexity index is 1010. The number of nitrogens with one attached hydrogen (secondary N) is 1. The molecule has 2 heterocycles. The van der Waals surface area contributed by atoms with E-state index in [-0.39, 0.29) is 9.80 Å². The second kappa shape index (κ2) is 6.25. The molecule has 2 aromatic rings. The van der Waals surface area contributed by atoms with Gasteiger partial charge in [0.25, 0.3) is 5.91 Å². The summed E-state index contributed by atoms with van der Waals surface area (Å²) in [5, 5.41) is 2.59. The molecule has 0 spiro atoms. The fourth-order valence-electron chi connectivity index (χ4n) is 3.46. The van der Waals surface area contributed by atoms with Gasteiger partial charge in [0.1, 0.15) is 5.82 Å². The van der Waals surface area contributed by atoms with E-state index in [1.807, 2.05) is 4.90 Å². The van der Waals surface area contributed by atoms with Crippen LogP contribution < -0.4 is 5.32 Å². The lowest BCUT2D eigenvalue weighted by atomic mass is 10.1. The van der Waals surface area contributed by atoms with Crippen LogP contribution in [-0.2, 0) is 14.6 Å². The summed E-state index contributed by atoms with van der Waals surface area (Å²) in [6, 6.07) is 11.9. The van der Waals surface area contributed by atoms with Crippen molar-refractivity contribution in [3.05, 3.63) is 64.8 Å². The fraction of sp³-hybridized carbons (Fsp3) is 0.211. The van der Waals surface area contributed by atoms with Crippen LogP contribution in [0.3, 0.4) is 0 Å². The highest BCUT2D eigenvalue weighted by Crippen LogP contribution is 2.42. The second-order valence-corrected chi connectivity index (χ2v) is 8.19. The average Bonchev–Trinajstić information content (AvgIpc) is 3.22. The van der Waals surface area contributed by atoms with E-state index < -0.39 is 21.6 Å². The maximum atomic E-state index is 13.1. The predicted molar refractivity (Wildman–Crippen MR) is 96.4 cm³/mol. The maximum absolute atomic E-state index is 13.1. The van der Waals surface area contributed by atoms with E-state index in [9.17, 15) is 17.6 Å². The van der Waals surface area contributed by atoms with Gasteiger partial charge in [-0.05, 0) is 43.2 Å². The molecule has 26 heavy (non-hydrogen) atoms. The van der Waals surface area contributed by atoms with Gasteiger partial charge >= 0.3 is 0 Å². The zero-order valence-corrected chi connectivity index (χ0v) is 14.7. The van der Waals surface area contributed by atoms with Gasteiger partial charge in [-0.1, -0.05) is 18.2 Å². The molecule has 5 nitrogen and oxygen atoms in total. The van der Waals surface area contributed by atoms with Crippen LogP contribution >= 0.6 is 0 Å². The number of nitrogens with zero attached hydrogens (tertiary/aromatic N) is 1. The van der Waals surface area contributed by atoms with Crippen molar-refractivity contribution in [1.29, 1.82) is 0 Å². The van der Waals surface area contributed by atoms with Crippen molar-refractivity contribution in [3.8, 4) is 0 Å². The van der Waals surface area contributed by atoms with Crippen LogP contribution in [0.2, 0.25) is 0 Å². The number of anilines is 1. The normalized spacial score (nSPS) is 18.1. The van der Waals surface area contributed by atoms with E-state index in [0.717, 1.165) is 12.8 Å². The van der Waals surface area contributed by atoms with E-state index in [1.54, 1.807) is 18.2 Å². The monoisotopic (exact) mass is 372 g/mol. The predicted octanol–water partition coefficient (Wildman–Crippen LogP) is 3.02. The Morgan fingerprint density at radius 1 is 1.00 bits per heavy atom. The van der Waals surface area contributed by atoms with Gasteiger partial charge in [0.05, 0.1) is 10.6 Å². The molecule has 7 heteroatoms. The molecule has 1 saturated heterocycles. The standard InChI is InChI=1S/C19H17FN2O3S/c20-13-7-9-14(10-8-13)21-19(23)18-17(22-11-3-4-12-22)15-5-1-2-6-16(15)26(18,24)25/h1-2,5-10H,3-4,11-12H2,(H,21,23). The van der Waals surface area contributed by atoms with Crippen LogP contribution in [0.4, 0.5) is 10.1 Å². The molecular formula is C19H17FN2O3S. The topological polar surface area (TPSA) is 66.5 Å². The zero-order chi connectivity index (χ0) is 18.3. The molecular weight excluding hydrogens is 355 g/mol. The molecule has 0 aliphatic carbocycles. The Morgan fingerprint density at radius 2 is 1.65 bits per heavy atom. The summed E-state index contributed by atoms with van der Waals surface area (Å²) in [4.78, 5) is 14.8. The Balaban J connectivity index is 1.81. The van der Waals surface area contributed by atoms with Crippen LogP contribution in [0.25, 0.3) is 5.70 Å². The summed E-state index contributed by atoms with van der Waals surface area (Å²) in [5.74, 6) is -1.13. The van der Waals surface area contributed by atoms with Gasteiger partial charge in [0.15, 0.2) is 4.91 Å². The van der Waals surface area contributed by atoms with Crippen molar-refractivity contribution in [1.82, 2.24) is 4.90 Å². The summed E-state index contributed by atoms with van der Waals surface area (Å²) < 4.78 is 39.1. The molecule has 0 unspecified atom stereocenters. The number of fused-ring (bicyclic) bond motifs is 1. The quantitative estimate of drug-likeness (QED) is 0.899. The van der Waals surface area contributed by atoms with Crippen molar-refractivity contribution in [2.45, 2.75) is 17.7 Å². The molecule has 1 amide bonds. The minimum Gasteiger partial charge on any atom is -0.370 e. The molecule has 0 radical (unpaired) electrons. The van der Waals surface area contributed by atoms with E-state index >= 15 is 0 Å². The lowest BCUT2D eigenvalue weighted by Gasteiger charge is -2.20. The Kier molecular flexibility index (Phi) is 4.03. The third kappa shape index (κ3) is 2.68. The molecule has 2 aromatic carbocycles. The number of hydrogen-bond donors (Lipinski definition) is 1. The van der Waals surface area contributed by atoms with Crippen molar-refractivity contribution in [2.24, 2.45) is 0 Å². The number of benzene rings is 2. The first-order valence-corrected chi connectivity index (χ1v) is 9.87. The van der Waals surface area contributed by atoms with Gasteiger partial charge < -0.3 is 10.2 Å². The average molecular weight is 372 g/mol. The number of amides is 1. The molecule has 0 atom stereocenters. The Labute approximate surface area is 151 Å². The minimum absolute atomic E-state index is 0.158. The van der Waals surface area contributed by atoms with Gasteiger partial charge in [0.2, 0.25) is 9.84 Å². The molecule has 2 aliphatic heterocycles. The van der Waals surface area contributed by atoms with Crippen molar-refractivity contribution < 1.29 is 17.6 Å². The van der Waals surface area contributed by atoms with Crippen molar-refractivity contribution >= 4 is 27.1 Å². The SMILES string of the molecule is O=C(Nc1ccc(F)cc1)C1=C(N2CCCC2)c2ccccc2S1(=O)=O. The largest absolute Gasteiger partial charge is 0.370 e. The van der Waals surface area contributed by atoms with Crippen LogP contribution in [0, 0.1) is 5.82 Å². The number of hydrogen-bond acceptors (Lipinski definition) is 4. The van der Waals surface area contributed by atoms with Gasteiger partial charge in [-0.2, -0.15) is 0 Å². The molecule has 0 aromatic heterocycles. The summed E-state index contributed by atoms with van der Waals surface area (Å²) in [6.45, 7) is 1.43. The summed E-state index contributed by atoms with van der Waals surface area (Å²) in [5.41, 5.74) is 1.38. The Hall–Kier alpha value is -2.67. The van der Waals surface area contributed by atoms with E-state index in [4.69, 9.17) is 0 Å². The van der Waals surface area contributed by atoms with Crippen LogP contribution in [0.5, 0.6) is 0 Å². The lowest BCUT2D eigenvalue weighted by molar-refractivity contribution is -0.112. The first-order chi connectivity index (χ1) is 12.5. The number of carbonyl (C=O) groups excluding carboxylic acids is 1. The summed E-state index contributed by atoms with van der Waals surface area (Å²) in [7, 11) is -3.91. The van der Waals surface area contributed by atoms with Crippen LogP contribution in [0.15, 0.2) is 58.3 Å².